The van der Waals surface area contributed by atoms with Crippen LogP contribution in [-0.2, 0) is 34.0 Å². The number of carbonyl (C=O) groups excluding carboxylic acids is 3. The lowest BCUT2D eigenvalue weighted by Gasteiger charge is -2.35. The van der Waals surface area contributed by atoms with Gasteiger partial charge in [-0.3, -0.25) is 4.79 Å². The topological polar surface area (TPSA) is 108 Å². The molecule has 136 valence electrons. The van der Waals surface area contributed by atoms with E-state index >= 15 is 0 Å². The molecule has 0 unspecified atom stereocenters. The Bertz CT molecular complexity index is 861. The van der Waals surface area contributed by atoms with Crippen LogP contribution < -0.4 is 10.6 Å². The number of benzene rings is 1. The zero-order valence-electron chi connectivity index (χ0n) is 14.8. The van der Waals surface area contributed by atoms with Crippen molar-refractivity contribution in [2.75, 3.05) is 26.2 Å². The summed E-state index contributed by atoms with van der Waals surface area (Å²) in [5, 5.41) is 0. The number of fused-ring (bicyclic) bond motifs is 2. The molecule has 2 aliphatic rings. The van der Waals surface area contributed by atoms with E-state index in [1.807, 2.05) is 0 Å². The smallest absolute Gasteiger partial charge is 0.340 e. The number of para-hydroxylation sites is 1. The first-order chi connectivity index (χ1) is 12.3. The summed E-state index contributed by atoms with van der Waals surface area (Å²) >= 11 is 0. The van der Waals surface area contributed by atoms with Crippen LogP contribution in [0.1, 0.15) is 12.5 Å². The highest BCUT2D eigenvalue weighted by Crippen LogP contribution is 2.54. The minimum atomic E-state index is -1.79. The van der Waals surface area contributed by atoms with Crippen LogP contribution in [0.25, 0.3) is 0 Å². The van der Waals surface area contributed by atoms with Gasteiger partial charge in [-0.2, -0.15) is 0 Å². The number of esters is 2. The van der Waals surface area contributed by atoms with Crippen LogP contribution in [0.2, 0.25) is 0 Å². The van der Waals surface area contributed by atoms with Crippen molar-refractivity contribution < 1.29 is 28.6 Å². The first-order valence-electron chi connectivity index (χ1n) is 7.76. The van der Waals surface area contributed by atoms with Crippen molar-refractivity contribution in [2.45, 2.75) is 12.3 Å². The molecule has 1 atom stereocenters. The lowest BCUT2D eigenvalue weighted by atomic mass is 9.67. The molecule has 2 N–H and O–H groups in total. The van der Waals surface area contributed by atoms with E-state index in [0.29, 0.717) is 11.3 Å². The van der Waals surface area contributed by atoms with E-state index < -0.39 is 23.3 Å². The maximum Gasteiger partial charge on any atom is 0.340 e. The number of allylic oxidation sites excluding steroid dienone is 1. The van der Waals surface area contributed by atoms with E-state index in [0.717, 1.165) is 7.11 Å². The third kappa shape index (κ3) is 1.98. The molecular formula is C18H18N2O6. The molecule has 0 aromatic heterocycles. The van der Waals surface area contributed by atoms with Gasteiger partial charge in [0.15, 0.2) is 0 Å². The molecule has 0 bridgehead atoms. The number of hydrogen-bond acceptors (Lipinski definition) is 7. The van der Waals surface area contributed by atoms with Crippen LogP contribution in [0.15, 0.2) is 47.1 Å². The average Bonchev–Trinajstić information content (AvgIpc) is 2.84. The van der Waals surface area contributed by atoms with Crippen LogP contribution in [-0.4, -0.2) is 39.1 Å². The second-order valence-electron chi connectivity index (χ2n) is 5.89. The quantitative estimate of drug-likeness (QED) is 0.776. The monoisotopic (exact) mass is 358 g/mol. The summed E-state index contributed by atoms with van der Waals surface area (Å²) in [5.41, 5.74) is 4.81. The second-order valence-corrected chi connectivity index (χ2v) is 5.89. The summed E-state index contributed by atoms with van der Waals surface area (Å²) < 4.78 is 15.1. The standard InChI is InChI=1S/C18H18N2O6/c1-9-12(15(21)24-3)18(13(14(19)26-9)16(22)25-4)10-7-5-6-8-11(10)20(2)17(18)23/h5-8H,19H2,1-4H3/t18-/m0/s1. The predicted octanol–water partition coefficient (Wildman–Crippen LogP) is 0.721. The zero-order valence-corrected chi connectivity index (χ0v) is 14.8. The van der Waals surface area contributed by atoms with Gasteiger partial charge >= 0.3 is 11.9 Å². The molecule has 1 aromatic carbocycles. The van der Waals surface area contributed by atoms with E-state index in [2.05, 4.69) is 0 Å². The number of methoxy groups -OCH3 is 2. The number of ether oxygens (including phenoxy) is 3. The fourth-order valence-corrected chi connectivity index (χ4v) is 3.64. The molecule has 0 saturated carbocycles. The molecule has 2 heterocycles. The first-order valence-corrected chi connectivity index (χ1v) is 7.76. The van der Waals surface area contributed by atoms with Gasteiger partial charge in [-0.25, -0.2) is 9.59 Å². The molecule has 0 fully saturated rings. The van der Waals surface area contributed by atoms with Gasteiger partial charge in [-0.15, -0.1) is 0 Å². The van der Waals surface area contributed by atoms with Gasteiger partial charge in [0, 0.05) is 18.3 Å². The average molecular weight is 358 g/mol. The van der Waals surface area contributed by atoms with Gasteiger partial charge in [0.1, 0.15) is 22.3 Å². The summed E-state index contributed by atoms with van der Waals surface area (Å²) in [4.78, 5) is 40.0. The van der Waals surface area contributed by atoms with Crippen molar-refractivity contribution in [3.8, 4) is 0 Å². The maximum atomic E-state index is 13.4. The molecule has 0 saturated heterocycles. The van der Waals surface area contributed by atoms with Crippen molar-refractivity contribution >= 4 is 23.5 Å². The Labute approximate surface area is 149 Å². The van der Waals surface area contributed by atoms with Crippen molar-refractivity contribution in [1.82, 2.24) is 0 Å². The van der Waals surface area contributed by atoms with Crippen LogP contribution in [0.3, 0.4) is 0 Å². The summed E-state index contributed by atoms with van der Waals surface area (Å²) in [6.07, 6.45) is 0. The zero-order chi connectivity index (χ0) is 19.2. The fraction of sp³-hybridized carbons (Fsp3) is 0.278. The Morgan fingerprint density at radius 1 is 1.12 bits per heavy atom. The third-order valence-electron chi connectivity index (χ3n) is 4.69. The van der Waals surface area contributed by atoms with Crippen LogP contribution in [0.5, 0.6) is 0 Å². The van der Waals surface area contributed by atoms with E-state index in [-0.39, 0.29) is 22.8 Å². The number of nitrogens with two attached hydrogens (primary N) is 1. The van der Waals surface area contributed by atoms with Gasteiger partial charge in [-0.05, 0) is 13.0 Å². The summed E-state index contributed by atoms with van der Waals surface area (Å²) in [5.74, 6) is -2.39. The van der Waals surface area contributed by atoms with Gasteiger partial charge in [0.2, 0.25) is 11.8 Å². The summed E-state index contributed by atoms with van der Waals surface area (Å²) in [6, 6.07) is 6.83. The van der Waals surface area contributed by atoms with Crippen molar-refractivity contribution in [3.63, 3.8) is 0 Å². The molecule has 1 aromatic rings. The Morgan fingerprint density at radius 3 is 2.31 bits per heavy atom. The number of hydrogen-bond donors (Lipinski definition) is 1. The highest BCUT2D eigenvalue weighted by atomic mass is 16.5. The lowest BCUT2D eigenvalue weighted by molar-refractivity contribution is -0.141. The molecular weight excluding hydrogens is 340 g/mol. The van der Waals surface area contributed by atoms with Crippen LogP contribution in [0, 0.1) is 0 Å². The lowest BCUT2D eigenvalue weighted by Crippen LogP contribution is -2.50. The highest BCUT2D eigenvalue weighted by Gasteiger charge is 2.63. The maximum absolute atomic E-state index is 13.4. The molecule has 8 nitrogen and oxygen atoms in total. The van der Waals surface area contributed by atoms with Gasteiger partial charge in [0.25, 0.3) is 0 Å². The normalized spacial score (nSPS) is 21.7. The van der Waals surface area contributed by atoms with E-state index in [1.54, 1.807) is 31.3 Å². The van der Waals surface area contributed by atoms with E-state index in [9.17, 15) is 14.4 Å². The molecule has 0 radical (unpaired) electrons. The van der Waals surface area contributed by atoms with Gasteiger partial charge < -0.3 is 24.8 Å². The van der Waals surface area contributed by atoms with Gasteiger partial charge in [0.05, 0.1) is 14.2 Å². The minimum absolute atomic E-state index is 0.0838. The van der Waals surface area contributed by atoms with Crippen molar-refractivity contribution in [2.24, 2.45) is 5.73 Å². The Hall–Kier alpha value is -3.29. The van der Waals surface area contributed by atoms with Gasteiger partial charge in [-0.1, -0.05) is 18.2 Å². The minimum Gasteiger partial charge on any atom is -0.466 e. The molecule has 3 rings (SSSR count). The molecule has 0 aliphatic carbocycles. The van der Waals surface area contributed by atoms with Crippen LogP contribution in [0.4, 0.5) is 5.69 Å². The Balaban J connectivity index is 2.48. The molecule has 2 aliphatic heterocycles. The van der Waals surface area contributed by atoms with Crippen molar-refractivity contribution in [3.05, 3.63) is 52.6 Å². The first kappa shape index (κ1) is 17.5. The largest absolute Gasteiger partial charge is 0.466 e. The number of nitrogens with zero attached hydrogens (tertiary/aromatic N) is 1. The highest BCUT2D eigenvalue weighted by molar-refractivity contribution is 6.22. The molecule has 1 spiro atoms. The number of rotatable bonds is 2. The van der Waals surface area contributed by atoms with E-state index in [4.69, 9.17) is 19.9 Å². The predicted molar refractivity (Wildman–Crippen MR) is 90.6 cm³/mol. The van der Waals surface area contributed by atoms with Crippen molar-refractivity contribution in [1.29, 1.82) is 0 Å². The number of anilines is 1. The Kier molecular flexibility index (Phi) is 3.98. The second kappa shape index (κ2) is 5.91. The molecule has 8 heteroatoms. The number of carbonyl (C=O) groups is 3. The Morgan fingerprint density at radius 2 is 1.69 bits per heavy atom. The van der Waals surface area contributed by atoms with E-state index in [1.165, 1.54) is 18.9 Å². The third-order valence-corrected chi connectivity index (χ3v) is 4.69. The number of amides is 1. The van der Waals surface area contributed by atoms with Crippen LogP contribution >= 0.6 is 0 Å². The molecule has 26 heavy (non-hydrogen) atoms. The SMILES string of the molecule is COC(=O)C1=C(C)OC(N)=C(C(=O)OC)[C@@]12C(=O)N(C)c1ccccc12. The summed E-state index contributed by atoms with van der Waals surface area (Å²) in [6.45, 7) is 1.49. The molecule has 1 amide bonds. The number of likely N-dealkylation sites (N-methyl/N-ethyl adjacent to an activating group) is 1. The fourth-order valence-electron chi connectivity index (χ4n) is 3.64. The summed E-state index contributed by atoms with van der Waals surface area (Å²) in [7, 11) is 3.90.